The van der Waals surface area contributed by atoms with Crippen molar-refractivity contribution >= 4 is 5.91 Å². The molecular weight excluding hydrogens is 254 g/mol. The fourth-order valence-electron chi connectivity index (χ4n) is 2.96. The molecule has 1 saturated carbocycles. The molecule has 4 nitrogen and oxygen atoms in total. The molecular formula is C16H21NO3. The molecule has 1 spiro atoms. The van der Waals surface area contributed by atoms with E-state index in [-0.39, 0.29) is 17.7 Å². The molecule has 1 aliphatic heterocycles. The highest BCUT2D eigenvalue weighted by atomic mass is 16.7. The third kappa shape index (κ3) is 2.86. The second-order valence-corrected chi connectivity index (χ2v) is 5.72. The Morgan fingerprint density at radius 1 is 1.15 bits per heavy atom. The number of hydrogen-bond acceptors (Lipinski definition) is 3. The number of hydrogen-bond donors (Lipinski definition) is 1. The number of aryl methyl sites for hydroxylation is 1. The van der Waals surface area contributed by atoms with Gasteiger partial charge in [-0.2, -0.15) is 0 Å². The Morgan fingerprint density at radius 2 is 1.75 bits per heavy atom. The molecule has 0 bridgehead atoms. The van der Waals surface area contributed by atoms with E-state index in [1.807, 2.05) is 31.2 Å². The van der Waals surface area contributed by atoms with Gasteiger partial charge >= 0.3 is 0 Å². The molecule has 2 fully saturated rings. The van der Waals surface area contributed by atoms with E-state index in [1.54, 1.807) is 0 Å². The van der Waals surface area contributed by atoms with Crippen LogP contribution in [0.3, 0.4) is 0 Å². The second kappa shape index (κ2) is 5.54. The lowest BCUT2D eigenvalue weighted by Crippen LogP contribution is -2.44. The first-order valence-corrected chi connectivity index (χ1v) is 7.32. The third-order valence-electron chi connectivity index (χ3n) is 4.21. The Morgan fingerprint density at radius 3 is 2.35 bits per heavy atom. The molecule has 1 amide bonds. The van der Waals surface area contributed by atoms with Crippen LogP contribution >= 0.6 is 0 Å². The summed E-state index contributed by atoms with van der Waals surface area (Å²) in [5, 5.41) is 3.11. The molecule has 1 N–H and O–H groups in total. The highest BCUT2D eigenvalue weighted by molar-refractivity contribution is 5.94. The Hall–Kier alpha value is -1.39. The molecule has 4 heteroatoms. The van der Waals surface area contributed by atoms with Gasteiger partial charge in [0.1, 0.15) is 0 Å². The lowest BCUT2D eigenvalue weighted by atomic mass is 9.90. The standard InChI is InChI=1S/C16H21NO3/c1-12-2-4-13(5-3-12)15(18)17-14-6-8-16(9-7-14)19-10-11-20-16/h2-5,14H,6-11H2,1H3,(H,17,18). The minimum atomic E-state index is -0.356. The number of benzene rings is 1. The van der Waals surface area contributed by atoms with Crippen LogP contribution < -0.4 is 5.32 Å². The van der Waals surface area contributed by atoms with Gasteiger partial charge in [-0.3, -0.25) is 4.79 Å². The molecule has 1 saturated heterocycles. The van der Waals surface area contributed by atoms with E-state index in [0.717, 1.165) is 36.8 Å². The Kier molecular flexibility index (Phi) is 3.76. The Labute approximate surface area is 119 Å². The smallest absolute Gasteiger partial charge is 0.251 e. The average molecular weight is 275 g/mol. The van der Waals surface area contributed by atoms with E-state index in [4.69, 9.17) is 9.47 Å². The van der Waals surface area contributed by atoms with E-state index in [2.05, 4.69) is 5.32 Å². The monoisotopic (exact) mass is 275 g/mol. The largest absolute Gasteiger partial charge is 0.349 e. The van der Waals surface area contributed by atoms with Gasteiger partial charge in [0.2, 0.25) is 0 Å². The highest BCUT2D eigenvalue weighted by Crippen LogP contribution is 2.35. The molecule has 0 radical (unpaired) electrons. The summed E-state index contributed by atoms with van der Waals surface area (Å²) in [6.45, 7) is 3.41. The Bertz CT molecular complexity index is 467. The molecule has 0 aromatic heterocycles. The summed E-state index contributed by atoms with van der Waals surface area (Å²) >= 11 is 0. The van der Waals surface area contributed by atoms with Gasteiger partial charge in [-0.15, -0.1) is 0 Å². The predicted molar refractivity (Wildman–Crippen MR) is 75.5 cm³/mol. The van der Waals surface area contributed by atoms with Crippen LogP contribution in [0.4, 0.5) is 0 Å². The molecule has 0 unspecified atom stereocenters. The molecule has 108 valence electrons. The van der Waals surface area contributed by atoms with Crippen molar-refractivity contribution in [2.75, 3.05) is 13.2 Å². The zero-order valence-electron chi connectivity index (χ0n) is 11.9. The van der Waals surface area contributed by atoms with Gasteiger partial charge < -0.3 is 14.8 Å². The van der Waals surface area contributed by atoms with Crippen molar-refractivity contribution in [1.82, 2.24) is 5.32 Å². The lowest BCUT2D eigenvalue weighted by Gasteiger charge is -2.35. The van der Waals surface area contributed by atoms with Gasteiger partial charge in [-0.05, 0) is 31.9 Å². The average Bonchev–Trinajstić information content (AvgIpc) is 2.91. The first-order chi connectivity index (χ1) is 9.67. The second-order valence-electron chi connectivity index (χ2n) is 5.72. The number of nitrogens with one attached hydrogen (secondary N) is 1. The number of carbonyl (C=O) groups excluding carboxylic acids is 1. The zero-order chi connectivity index (χ0) is 14.0. The van der Waals surface area contributed by atoms with Crippen LogP contribution in [0.5, 0.6) is 0 Å². The quantitative estimate of drug-likeness (QED) is 0.901. The van der Waals surface area contributed by atoms with E-state index in [1.165, 1.54) is 0 Å². The van der Waals surface area contributed by atoms with Crippen LogP contribution in [0.1, 0.15) is 41.6 Å². The first-order valence-electron chi connectivity index (χ1n) is 7.32. The molecule has 2 aliphatic rings. The van der Waals surface area contributed by atoms with Crippen molar-refractivity contribution in [3.63, 3.8) is 0 Å². The SMILES string of the molecule is Cc1ccc(C(=O)NC2CCC3(CC2)OCCO3)cc1. The molecule has 1 aromatic carbocycles. The topological polar surface area (TPSA) is 47.6 Å². The van der Waals surface area contributed by atoms with Crippen LogP contribution in [0.15, 0.2) is 24.3 Å². The summed E-state index contributed by atoms with van der Waals surface area (Å²) in [6, 6.07) is 7.90. The molecule has 1 heterocycles. The van der Waals surface area contributed by atoms with E-state index in [0.29, 0.717) is 13.2 Å². The summed E-state index contributed by atoms with van der Waals surface area (Å²) in [5.74, 6) is -0.343. The van der Waals surface area contributed by atoms with Crippen LogP contribution in [-0.2, 0) is 9.47 Å². The van der Waals surface area contributed by atoms with E-state index < -0.39 is 0 Å². The van der Waals surface area contributed by atoms with Gasteiger partial charge in [0, 0.05) is 24.4 Å². The maximum absolute atomic E-state index is 12.2. The fourth-order valence-corrected chi connectivity index (χ4v) is 2.96. The third-order valence-corrected chi connectivity index (χ3v) is 4.21. The minimum Gasteiger partial charge on any atom is -0.349 e. The minimum absolute atomic E-state index is 0.0132. The summed E-state index contributed by atoms with van der Waals surface area (Å²) in [6.07, 6.45) is 3.56. The van der Waals surface area contributed by atoms with Crippen LogP contribution in [0.25, 0.3) is 0 Å². The number of amides is 1. The van der Waals surface area contributed by atoms with Gasteiger partial charge in [0.25, 0.3) is 5.91 Å². The van der Waals surface area contributed by atoms with Crippen molar-refractivity contribution in [1.29, 1.82) is 0 Å². The highest BCUT2D eigenvalue weighted by Gasteiger charge is 2.40. The molecule has 1 aromatic rings. The summed E-state index contributed by atoms with van der Waals surface area (Å²) in [5.41, 5.74) is 1.89. The zero-order valence-corrected chi connectivity index (χ0v) is 11.9. The van der Waals surface area contributed by atoms with Crippen molar-refractivity contribution in [3.05, 3.63) is 35.4 Å². The lowest BCUT2D eigenvalue weighted by molar-refractivity contribution is -0.179. The van der Waals surface area contributed by atoms with Crippen LogP contribution in [0.2, 0.25) is 0 Å². The summed E-state index contributed by atoms with van der Waals surface area (Å²) < 4.78 is 11.4. The van der Waals surface area contributed by atoms with E-state index >= 15 is 0 Å². The van der Waals surface area contributed by atoms with Gasteiger partial charge in [-0.1, -0.05) is 17.7 Å². The maximum Gasteiger partial charge on any atom is 0.251 e. The van der Waals surface area contributed by atoms with Crippen LogP contribution in [0, 0.1) is 6.92 Å². The van der Waals surface area contributed by atoms with Crippen molar-refractivity contribution in [2.45, 2.75) is 44.4 Å². The number of carbonyl (C=O) groups is 1. The predicted octanol–water partition coefficient (Wildman–Crippen LogP) is 2.41. The molecule has 0 atom stereocenters. The van der Waals surface area contributed by atoms with Crippen molar-refractivity contribution < 1.29 is 14.3 Å². The van der Waals surface area contributed by atoms with Gasteiger partial charge in [0.15, 0.2) is 5.79 Å². The normalized spacial score (nSPS) is 22.1. The molecule has 1 aliphatic carbocycles. The fraction of sp³-hybridized carbons (Fsp3) is 0.562. The first kappa shape index (κ1) is 13.6. The number of rotatable bonds is 2. The van der Waals surface area contributed by atoms with Crippen LogP contribution in [-0.4, -0.2) is 30.9 Å². The Balaban J connectivity index is 1.54. The number of ether oxygens (including phenoxy) is 2. The molecule has 3 rings (SSSR count). The summed E-state index contributed by atoms with van der Waals surface area (Å²) in [7, 11) is 0. The van der Waals surface area contributed by atoms with E-state index in [9.17, 15) is 4.79 Å². The molecule has 20 heavy (non-hydrogen) atoms. The van der Waals surface area contributed by atoms with Gasteiger partial charge in [-0.25, -0.2) is 0 Å². The van der Waals surface area contributed by atoms with Crippen molar-refractivity contribution in [3.8, 4) is 0 Å². The van der Waals surface area contributed by atoms with Crippen molar-refractivity contribution in [2.24, 2.45) is 0 Å². The van der Waals surface area contributed by atoms with Gasteiger partial charge in [0.05, 0.1) is 13.2 Å². The summed E-state index contributed by atoms with van der Waals surface area (Å²) in [4.78, 5) is 12.2. The maximum atomic E-state index is 12.2.